The molecule has 0 unspecified atom stereocenters. The number of ether oxygens (including phenoxy) is 2. The van der Waals surface area contributed by atoms with Crippen molar-refractivity contribution in [2.45, 2.75) is 65.6 Å². The lowest BCUT2D eigenvalue weighted by molar-refractivity contribution is -0.00523. The van der Waals surface area contributed by atoms with Gasteiger partial charge in [-0.25, -0.2) is 4.79 Å². The number of carbonyl (C=O) groups excluding carboxylic acids is 1. The highest BCUT2D eigenvalue weighted by atomic mass is 16.7. The molecule has 0 aliphatic heterocycles. The summed E-state index contributed by atoms with van der Waals surface area (Å²) in [4.78, 5) is 11.3. The summed E-state index contributed by atoms with van der Waals surface area (Å²) in [6.45, 7) is 7.99. The van der Waals surface area contributed by atoms with Crippen LogP contribution < -0.4 is 0 Å². The van der Waals surface area contributed by atoms with E-state index in [1.54, 1.807) is 0 Å². The van der Waals surface area contributed by atoms with E-state index in [4.69, 9.17) is 9.47 Å². The first-order valence-corrected chi connectivity index (χ1v) is 5.55. The largest absolute Gasteiger partial charge is 0.508 e. The molecular formula is C11H22O3. The number of hydrogen-bond donors (Lipinski definition) is 0. The maximum Gasteiger partial charge on any atom is 0.508 e. The van der Waals surface area contributed by atoms with Crippen molar-refractivity contribution in [2.75, 3.05) is 0 Å². The Balaban J connectivity index is 3.83. The monoisotopic (exact) mass is 202 g/mol. The summed E-state index contributed by atoms with van der Waals surface area (Å²) >= 11 is 0. The van der Waals surface area contributed by atoms with Gasteiger partial charge in [0.05, 0.1) is 0 Å². The minimum atomic E-state index is -0.521. The van der Waals surface area contributed by atoms with Gasteiger partial charge < -0.3 is 9.47 Å². The van der Waals surface area contributed by atoms with Gasteiger partial charge in [-0.1, -0.05) is 27.7 Å². The van der Waals surface area contributed by atoms with Gasteiger partial charge >= 0.3 is 6.16 Å². The lowest BCUT2D eigenvalue weighted by atomic mass is 10.2. The molecule has 0 N–H and O–H groups in total. The Kier molecular flexibility index (Phi) is 7.25. The molecule has 0 aromatic heterocycles. The number of carbonyl (C=O) groups is 1. The predicted octanol–water partition coefficient (Wildman–Crippen LogP) is 3.52. The zero-order chi connectivity index (χ0) is 11.0. The average Bonchev–Trinajstić information content (AvgIpc) is 2.22. The zero-order valence-corrected chi connectivity index (χ0v) is 9.71. The third-order valence-electron chi connectivity index (χ3n) is 2.35. The molecule has 3 nitrogen and oxygen atoms in total. The van der Waals surface area contributed by atoms with E-state index < -0.39 is 6.16 Å². The fourth-order valence-electron chi connectivity index (χ4n) is 1.21. The molecule has 0 aliphatic rings. The summed E-state index contributed by atoms with van der Waals surface area (Å²) in [5, 5.41) is 0. The van der Waals surface area contributed by atoms with Crippen molar-refractivity contribution in [3.05, 3.63) is 0 Å². The lowest BCUT2D eigenvalue weighted by Gasteiger charge is -2.17. The summed E-state index contributed by atoms with van der Waals surface area (Å²) in [5.74, 6) is 0. The van der Waals surface area contributed by atoms with E-state index in [9.17, 15) is 4.79 Å². The van der Waals surface area contributed by atoms with Gasteiger partial charge in [0.2, 0.25) is 0 Å². The van der Waals surface area contributed by atoms with Gasteiger partial charge in [0.15, 0.2) is 0 Å². The van der Waals surface area contributed by atoms with Gasteiger partial charge in [-0.2, -0.15) is 0 Å². The second-order valence-electron chi connectivity index (χ2n) is 3.36. The first kappa shape index (κ1) is 13.3. The molecule has 0 aromatic rings. The van der Waals surface area contributed by atoms with Crippen molar-refractivity contribution in [3.63, 3.8) is 0 Å². The Morgan fingerprint density at radius 1 is 0.857 bits per heavy atom. The van der Waals surface area contributed by atoms with Crippen molar-refractivity contribution >= 4 is 6.16 Å². The van der Waals surface area contributed by atoms with E-state index in [2.05, 4.69) is 0 Å². The summed E-state index contributed by atoms with van der Waals surface area (Å²) in [5.41, 5.74) is 0. The van der Waals surface area contributed by atoms with E-state index in [-0.39, 0.29) is 12.2 Å². The molecular weight excluding hydrogens is 180 g/mol. The number of hydrogen-bond acceptors (Lipinski definition) is 3. The summed E-state index contributed by atoms with van der Waals surface area (Å²) < 4.78 is 10.2. The standard InChI is InChI=1S/C11H22O3/c1-5-9(6-2)13-11(12)14-10(7-3)8-4/h9-10H,5-8H2,1-4H3. The molecule has 0 aliphatic carbocycles. The number of rotatable bonds is 6. The Morgan fingerprint density at radius 3 is 1.36 bits per heavy atom. The molecule has 0 bridgehead atoms. The first-order valence-electron chi connectivity index (χ1n) is 5.55. The fourth-order valence-corrected chi connectivity index (χ4v) is 1.21. The highest BCUT2D eigenvalue weighted by Crippen LogP contribution is 2.08. The second-order valence-corrected chi connectivity index (χ2v) is 3.36. The van der Waals surface area contributed by atoms with Crippen LogP contribution in [0.5, 0.6) is 0 Å². The topological polar surface area (TPSA) is 35.5 Å². The second kappa shape index (κ2) is 7.65. The van der Waals surface area contributed by atoms with Gasteiger partial charge in [-0.15, -0.1) is 0 Å². The predicted molar refractivity (Wildman–Crippen MR) is 56.3 cm³/mol. The lowest BCUT2D eigenvalue weighted by Crippen LogP contribution is -2.22. The molecule has 0 heterocycles. The smallest absolute Gasteiger partial charge is 0.431 e. The van der Waals surface area contributed by atoms with Crippen LogP contribution >= 0.6 is 0 Å². The Labute approximate surface area is 86.8 Å². The van der Waals surface area contributed by atoms with Crippen LogP contribution in [0.25, 0.3) is 0 Å². The van der Waals surface area contributed by atoms with Crippen LogP contribution in [-0.2, 0) is 9.47 Å². The molecule has 0 amide bonds. The zero-order valence-electron chi connectivity index (χ0n) is 9.71. The first-order chi connectivity index (χ1) is 6.67. The van der Waals surface area contributed by atoms with E-state index in [1.807, 2.05) is 27.7 Å². The van der Waals surface area contributed by atoms with Crippen LogP contribution in [0.4, 0.5) is 4.79 Å². The minimum absolute atomic E-state index is 0.00291. The van der Waals surface area contributed by atoms with Gasteiger partial charge in [0.1, 0.15) is 12.2 Å². The molecule has 3 heteroatoms. The molecule has 14 heavy (non-hydrogen) atoms. The summed E-state index contributed by atoms with van der Waals surface area (Å²) in [7, 11) is 0. The molecule has 0 aromatic carbocycles. The normalized spacial score (nSPS) is 10.7. The summed E-state index contributed by atoms with van der Waals surface area (Å²) in [6.07, 6.45) is 2.84. The maximum absolute atomic E-state index is 11.3. The van der Waals surface area contributed by atoms with E-state index >= 15 is 0 Å². The van der Waals surface area contributed by atoms with Crippen LogP contribution in [0.3, 0.4) is 0 Å². The highest BCUT2D eigenvalue weighted by Gasteiger charge is 2.15. The molecule has 0 radical (unpaired) electrons. The van der Waals surface area contributed by atoms with Crippen LogP contribution in [-0.4, -0.2) is 18.4 Å². The fraction of sp³-hybridized carbons (Fsp3) is 0.909. The SMILES string of the molecule is CCC(CC)OC(=O)OC(CC)CC. The Morgan fingerprint density at radius 2 is 1.14 bits per heavy atom. The van der Waals surface area contributed by atoms with Crippen LogP contribution in [0.2, 0.25) is 0 Å². The molecule has 0 fully saturated rings. The van der Waals surface area contributed by atoms with Crippen molar-refractivity contribution in [1.29, 1.82) is 0 Å². The Hall–Kier alpha value is -0.730. The highest BCUT2D eigenvalue weighted by molar-refractivity contribution is 5.60. The molecule has 0 spiro atoms. The van der Waals surface area contributed by atoms with Crippen molar-refractivity contribution in [3.8, 4) is 0 Å². The quantitative estimate of drug-likeness (QED) is 0.618. The maximum atomic E-state index is 11.3. The molecule has 0 saturated heterocycles. The van der Waals surface area contributed by atoms with Crippen LogP contribution in [0, 0.1) is 0 Å². The molecule has 0 atom stereocenters. The minimum Gasteiger partial charge on any atom is -0.431 e. The van der Waals surface area contributed by atoms with E-state index in [0.717, 1.165) is 25.7 Å². The summed E-state index contributed by atoms with van der Waals surface area (Å²) in [6, 6.07) is 0. The molecule has 84 valence electrons. The van der Waals surface area contributed by atoms with Crippen LogP contribution in [0.15, 0.2) is 0 Å². The van der Waals surface area contributed by atoms with E-state index in [0.29, 0.717) is 0 Å². The molecule has 0 saturated carbocycles. The average molecular weight is 202 g/mol. The van der Waals surface area contributed by atoms with Gasteiger partial charge in [-0.05, 0) is 25.7 Å². The van der Waals surface area contributed by atoms with Crippen molar-refractivity contribution in [1.82, 2.24) is 0 Å². The van der Waals surface area contributed by atoms with Gasteiger partial charge in [0, 0.05) is 0 Å². The molecule has 0 rings (SSSR count). The Bertz CT molecular complexity index is 133. The van der Waals surface area contributed by atoms with Gasteiger partial charge in [0.25, 0.3) is 0 Å². The third-order valence-corrected chi connectivity index (χ3v) is 2.35. The third kappa shape index (κ3) is 5.10. The van der Waals surface area contributed by atoms with Crippen LogP contribution in [0.1, 0.15) is 53.4 Å². The van der Waals surface area contributed by atoms with Crippen molar-refractivity contribution in [2.24, 2.45) is 0 Å². The van der Waals surface area contributed by atoms with E-state index in [1.165, 1.54) is 0 Å². The van der Waals surface area contributed by atoms with Crippen molar-refractivity contribution < 1.29 is 14.3 Å². The van der Waals surface area contributed by atoms with Gasteiger partial charge in [-0.3, -0.25) is 0 Å².